The highest BCUT2D eigenvalue weighted by Crippen LogP contribution is 2.44. The minimum absolute atomic E-state index is 0.222. The van der Waals surface area contributed by atoms with Gasteiger partial charge in [-0.3, -0.25) is 0 Å². The summed E-state index contributed by atoms with van der Waals surface area (Å²) < 4.78 is 51.8. The second-order valence-electron chi connectivity index (χ2n) is 12.9. The highest BCUT2D eigenvalue weighted by atomic mass is 32.2. The number of carbonyl (C=O) groups is 1. The van der Waals surface area contributed by atoms with Gasteiger partial charge in [0, 0.05) is 18.4 Å². The molecular formula is C28H38F2N6O3S. The number of rotatable bonds is 6. The van der Waals surface area contributed by atoms with Crippen LogP contribution in [-0.4, -0.2) is 46.9 Å². The number of nitriles is 1. The summed E-state index contributed by atoms with van der Waals surface area (Å²) in [5, 5.41) is 17.4. The van der Waals surface area contributed by atoms with Gasteiger partial charge in [-0.15, -0.1) is 0 Å². The van der Waals surface area contributed by atoms with E-state index in [2.05, 4.69) is 20.9 Å². The fourth-order valence-corrected chi connectivity index (χ4v) is 5.73. The summed E-state index contributed by atoms with van der Waals surface area (Å²) in [5.41, 5.74) is 0.326. The van der Waals surface area contributed by atoms with Crippen LogP contribution in [0.1, 0.15) is 104 Å². The number of halogens is 2. The number of aromatic nitrogens is 3. The van der Waals surface area contributed by atoms with Crippen LogP contribution in [-0.2, 0) is 15.7 Å². The number of nitrogens with one attached hydrogen (secondary N) is 1. The van der Waals surface area contributed by atoms with Gasteiger partial charge in [-0.05, 0) is 85.6 Å². The van der Waals surface area contributed by atoms with Crippen LogP contribution in [0, 0.1) is 22.7 Å². The van der Waals surface area contributed by atoms with E-state index in [0.29, 0.717) is 35.5 Å². The van der Waals surface area contributed by atoms with Gasteiger partial charge >= 0.3 is 6.09 Å². The van der Waals surface area contributed by atoms with Gasteiger partial charge in [0.05, 0.1) is 40.7 Å². The van der Waals surface area contributed by atoms with E-state index >= 15 is 0 Å². The van der Waals surface area contributed by atoms with Crippen molar-refractivity contribution in [3.8, 4) is 6.07 Å². The van der Waals surface area contributed by atoms with Gasteiger partial charge in [-0.25, -0.2) is 27.3 Å². The maximum absolute atomic E-state index is 13.9. The molecule has 2 aromatic rings. The first-order valence-corrected chi connectivity index (χ1v) is 14.8. The van der Waals surface area contributed by atoms with Gasteiger partial charge in [-0.2, -0.15) is 14.8 Å². The molecule has 1 amide bonds. The zero-order valence-electron chi connectivity index (χ0n) is 24.0. The Morgan fingerprint density at radius 1 is 1.23 bits per heavy atom. The largest absolute Gasteiger partial charge is 0.444 e. The Morgan fingerprint density at radius 3 is 2.40 bits per heavy atom. The van der Waals surface area contributed by atoms with Crippen LogP contribution in [0.25, 0.3) is 5.65 Å². The van der Waals surface area contributed by atoms with Gasteiger partial charge in [0.1, 0.15) is 22.0 Å². The summed E-state index contributed by atoms with van der Waals surface area (Å²) in [5.74, 6) is -2.98. The maximum Gasteiger partial charge on any atom is 0.408 e. The van der Waals surface area contributed by atoms with Crippen molar-refractivity contribution in [2.75, 3.05) is 0 Å². The van der Waals surface area contributed by atoms with Crippen molar-refractivity contribution in [2.45, 2.75) is 109 Å². The van der Waals surface area contributed by atoms with Crippen molar-refractivity contribution < 1.29 is 22.5 Å². The van der Waals surface area contributed by atoms with Gasteiger partial charge in [0.2, 0.25) is 5.92 Å². The minimum atomic E-state index is -2.72. The molecule has 2 heterocycles. The molecule has 4 rings (SSSR count). The summed E-state index contributed by atoms with van der Waals surface area (Å²) in [6.07, 6.45) is 4.61. The lowest BCUT2D eigenvalue weighted by Gasteiger charge is -2.36. The molecule has 0 spiro atoms. The first-order valence-electron chi connectivity index (χ1n) is 13.7. The van der Waals surface area contributed by atoms with E-state index in [1.165, 1.54) is 4.52 Å². The first-order chi connectivity index (χ1) is 18.5. The highest BCUT2D eigenvalue weighted by molar-refractivity contribution is 7.85. The van der Waals surface area contributed by atoms with Crippen molar-refractivity contribution in [3.05, 3.63) is 29.7 Å². The summed E-state index contributed by atoms with van der Waals surface area (Å²) in [4.78, 5) is 17.5. The van der Waals surface area contributed by atoms with E-state index in [4.69, 9.17) is 9.72 Å². The van der Waals surface area contributed by atoms with Crippen LogP contribution < -0.4 is 5.32 Å². The Labute approximate surface area is 236 Å². The molecule has 2 aromatic heterocycles. The average molecular weight is 577 g/mol. The molecule has 1 N–H and O–H groups in total. The lowest BCUT2D eigenvalue weighted by molar-refractivity contribution is -0.0500. The van der Waals surface area contributed by atoms with Gasteiger partial charge in [0.25, 0.3) is 0 Å². The Balaban J connectivity index is 1.72. The second kappa shape index (κ2) is 10.8. The third kappa shape index (κ3) is 6.67. The van der Waals surface area contributed by atoms with Crippen molar-refractivity contribution in [1.29, 1.82) is 5.26 Å². The van der Waals surface area contributed by atoms with Crippen molar-refractivity contribution in [1.82, 2.24) is 19.9 Å². The summed E-state index contributed by atoms with van der Waals surface area (Å²) >= 11 is 0. The molecule has 40 heavy (non-hydrogen) atoms. The van der Waals surface area contributed by atoms with Crippen LogP contribution in [0.3, 0.4) is 0 Å². The SMILES string of the molecule is CC(C)(C)OC(=O)N[C@H](c1cn2ncc(/C(=N/[S@](=O)C(C)(C)C)C3(C#N)CCC3)cc2n1)C1CCC(F)(F)CC1. The average Bonchev–Trinajstić information content (AvgIpc) is 3.23. The molecule has 2 aliphatic rings. The molecule has 2 saturated carbocycles. The van der Waals surface area contributed by atoms with E-state index in [0.717, 1.165) is 6.42 Å². The van der Waals surface area contributed by atoms with Gasteiger partial charge in [-0.1, -0.05) is 0 Å². The molecule has 0 radical (unpaired) electrons. The zero-order chi connectivity index (χ0) is 29.5. The van der Waals surface area contributed by atoms with E-state index in [1.54, 1.807) is 39.2 Å². The summed E-state index contributed by atoms with van der Waals surface area (Å²) in [6.45, 7) is 10.7. The van der Waals surface area contributed by atoms with Crippen LogP contribution in [0.15, 0.2) is 22.9 Å². The van der Waals surface area contributed by atoms with E-state index in [9.17, 15) is 23.0 Å². The predicted molar refractivity (Wildman–Crippen MR) is 148 cm³/mol. The molecule has 0 aromatic carbocycles. The predicted octanol–water partition coefficient (Wildman–Crippen LogP) is 6.07. The molecule has 2 aliphatic carbocycles. The second-order valence-corrected chi connectivity index (χ2v) is 14.8. The molecule has 12 heteroatoms. The molecule has 2 atom stereocenters. The molecular weight excluding hydrogens is 538 g/mol. The van der Waals surface area contributed by atoms with Crippen molar-refractivity contribution in [3.63, 3.8) is 0 Å². The number of carbonyl (C=O) groups excluding carboxylic acids is 1. The lowest BCUT2D eigenvalue weighted by atomic mass is 9.65. The smallest absolute Gasteiger partial charge is 0.408 e. The molecule has 0 unspecified atom stereocenters. The number of alkyl halides is 2. The third-order valence-corrected chi connectivity index (χ3v) is 8.80. The number of hydrogen-bond acceptors (Lipinski definition) is 6. The van der Waals surface area contributed by atoms with E-state index in [-0.39, 0.29) is 31.6 Å². The quantitative estimate of drug-likeness (QED) is 0.417. The van der Waals surface area contributed by atoms with Gasteiger partial charge in [0.15, 0.2) is 5.65 Å². The highest BCUT2D eigenvalue weighted by Gasteiger charge is 2.44. The molecule has 218 valence electrons. The lowest BCUT2D eigenvalue weighted by Crippen LogP contribution is -2.40. The Hall–Kier alpha value is -2.94. The van der Waals surface area contributed by atoms with Crippen molar-refractivity contribution in [2.24, 2.45) is 15.7 Å². The van der Waals surface area contributed by atoms with E-state index in [1.807, 2.05) is 20.8 Å². The zero-order valence-corrected chi connectivity index (χ0v) is 24.8. The monoisotopic (exact) mass is 576 g/mol. The number of hydrogen-bond donors (Lipinski definition) is 1. The van der Waals surface area contributed by atoms with E-state index < -0.39 is 44.8 Å². The van der Waals surface area contributed by atoms with Crippen LogP contribution in [0.5, 0.6) is 0 Å². The van der Waals surface area contributed by atoms with Crippen LogP contribution >= 0.6 is 0 Å². The topological polar surface area (TPSA) is 122 Å². The number of nitrogens with zero attached hydrogens (tertiary/aromatic N) is 5. The molecule has 2 fully saturated rings. The number of imidazole rings is 1. The summed E-state index contributed by atoms with van der Waals surface area (Å²) in [7, 11) is -1.59. The first kappa shape index (κ1) is 30.0. The van der Waals surface area contributed by atoms with Crippen LogP contribution in [0.2, 0.25) is 0 Å². The van der Waals surface area contributed by atoms with Gasteiger partial charge < -0.3 is 10.1 Å². The van der Waals surface area contributed by atoms with Crippen molar-refractivity contribution >= 4 is 28.4 Å². The number of alkyl carbamates (subject to hydrolysis) is 1. The Morgan fingerprint density at radius 2 is 1.88 bits per heavy atom. The standard InChI is InChI=1S/C28H38F2N6O3S/c1-25(2,3)39-24(37)34-22(18-8-12-28(29,30)13-9-18)20-16-36-21(33-20)14-19(15-32-36)23(27(17-31)10-7-11-27)35-40(38)26(4,5)6/h14-16,18,22H,7-13H2,1-6H3,(H,34,37)/b35-23-/t22-,40+/m0/s1. The summed E-state index contributed by atoms with van der Waals surface area (Å²) in [6, 6.07) is 3.47. The molecule has 9 nitrogen and oxygen atoms in total. The molecule has 0 bridgehead atoms. The Kier molecular flexibility index (Phi) is 8.11. The Bertz CT molecular complexity index is 1350. The number of amides is 1. The fourth-order valence-electron chi connectivity index (χ4n) is 5.01. The number of fused-ring (bicyclic) bond motifs is 1. The number of ether oxygens (including phenoxy) is 1. The van der Waals surface area contributed by atoms with Crippen LogP contribution in [0.4, 0.5) is 13.6 Å². The minimum Gasteiger partial charge on any atom is -0.444 e. The third-order valence-electron chi connectivity index (χ3n) is 7.41. The maximum atomic E-state index is 13.9. The molecule has 0 aliphatic heterocycles. The fraction of sp³-hybridized carbons (Fsp3) is 0.679. The molecule has 0 saturated heterocycles. The normalized spacial score (nSPS) is 21.2.